The maximum absolute atomic E-state index is 11.8. The molecule has 2 amide bonds. The van der Waals surface area contributed by atoms with Crippen LogP contribution in [0.1, 0.15) is 6.42 Å². The lowest BCUT2D eigenvalue weighted by molar-refractivity contribution is -0.141. The SMILES string of the molecule is Cn1ncnc1NC(=O)N1CCC(C(=O)O)C1. The summed E-state index contributed by atoms with van der Waals surface area (Å²) in [5.74, 6) is -0.993. The van der Waals surface area contributed by atoms with E-state index in [1.807, 2.05) is 0 Å². The Bertz CT molecular complexity index is 444. The van der Waals surface area contributed by atoms with Crippen LogP contribution in [0.3, 0.4) is 0 Å². The fourth-order valence-corrected chi connectivity index (χ4v) is 1.73. The number of urea groups is 1. The van der Waals surface area contributed by atoms with Crippen LogP contribution in [0.25, 0.3) is 0 Å². The number of aliphatic carboxylic acids is 1. The molecule has 1 atom stereocenters. The molecule has 2 heterocycles. The van der Waals surface area contributed by atoms with Crippen LogP contribution in [0.2, 0.25) is 0 Å². The summed E-state index contributed by atoms with van der Waals surface area (Å²) in [6.07, 6.45) is 1.82. The van der Waals surface area contributed by atoms with Gasteiger partial charge in [0.05, 0.1) is 5.92 Å². The summed E-state index contributed by atoms with van der Waals surface area (Å²) in [5.41, 5.74) is 0. The molecule has 1 aromatic heterocycles. The van der Waals surface area contributed by atoms with Crippen molar-refractivity contribution in [1.29, 1.82) is 0 Å². The lowest BCUT2D eigenvalue weighted by atomic mass is 10.1. The first-order valence-corrected chi connectivity index (χ1v) is 5.20. The van der Waals surface area contributed by atoms with Crippen molar-refractivity contribution in [3.05, 3.63) is 6.33 Å². The van der Waals surface area contributed by atoms with Gasteiger partial charge in [-0.3, -0.25) is 10.1 Å². The van der Waals surface area contributed by atoms with Crippen LogP contribution >= 0.6 is 0 Å². The van der Waals surface area contributed by atoms with Crippen molar-refractivity contribution in [3.8, 4) is 0 Å². The number of carbonyl (C=O) groups is 2. The first-order chi connectivity index (χ1) is 8.08. The summed E-state index contributed by atoms with van der Waals surface area (Å²) >= 11 is 0. The number of carbonyl (C=O) groups excluding carboxylic acids is 1. The van der Waals surface area contributed by atoms with Crippen molar-refractivity contribution < 1.29 is 14.7 Å². The third-order valence-electron chi connectivity index (χ3n) is 2.75. The predicted molar refractivity (Wildman–Crippen MR) is 57.3 cm³/mol. The Labute approximate surface area is 97.2 Å². The highest BCUT2D eigenvalue weighted by Crippen LogP contribution is 2.17. The van der Waals surface area contributed by atoms with E-state index in [1.54, 1.807) is 7.05 Å². The number of carboxylic acid groups (broad SMARTS) is 1. The quantitative estimate of drug-likeness (QED) is 0.741. The zero-order valence-corrected chi connectivity index (χ0v) is 9.33. The Balaban J connectivity index is 1.94. The van der Waals surface area contributed by atoms with E-state index in [4.69, 9.17) is 5.11 Å². The van der Waals surface area contributed by atoms with Crippen molar-refractivity contribution in [2.45, 2.75) is 6.42 Å². The van der Waals surface area contributed by atoms with E-state index in [0.717, 1.165) is 0 Å². The van der Waals surface area contributed by atoms with Gasteiger partial charge >= 0.3 is 12.0 Å². The fourth-order valence-electron chi connectivity index (χ4n) is 1.73. The number of nitrogens with one attached hydrogen (secondary N) is 1. The van der Waals surface area contributed by atoms with Gasteiger partial charge in [-0.2, -0.15) is 10.1 Å². The summed E-state index contributed by atoms with van der Waals surface area (Å²) in [6, 6.07) is -0.343. The Hall–Kier alpha value is -2.12. The Morgan fingerprint density at radius 2 is 2.35 bits per heavy atom. The molecule has 1 saturated heterocycles. The molecule has 0 aliphatic carbocycles. The molecule has 2 rings (SSSR count). The minimum Gasteiger partial charge on any atom is -0.481 e. The largest absolute Gasteiger partial charge is 0.481 e. The number of nitrogens with zero attached hydrogens (tertiary/aromatic N) is 4. The zero-order chi connectivity index (χ0) is 12.4. The highest BCUT2D eigenvalue weighted by Gasteiger charge is 2.31. The Morgan fingerprint density at radius 1 is 1.59 bits per heavy atom. The zero-order valence-electron chi connectivity index (χ0n) is 9.33. The van der Waals surface area contributed by atoms with Crippen LogP contribution in [0.4, 0.5) is 10.7 Å². The number of aromatic nitrogens is 3. The molecule has 1 unspecified atom stereocenters. The smallest absolute Gasteiger partial charge is 0.324 e. The topological polar surface area (TPSA) is 100 Å². The average molecular weight is 239 g/mol. The van der Waals surface area contributed by atoms with E-state index in [0.29, 0.717) is 18.9 Å². The van der Waals surface area contributed by atoms with Gasteiger partial charge in [-0.25, -0.2) is 9.48 Å². The molecule has 0 aromatic carbocycles. The number of rotatable bonds is 2. The van der Waals surface area contributed by atoms with Gasteiger partial charge in [0, 0.05) is 20.1 Å². The number of carboxylic acids is 1. The van der Waals surface area contributed by atoms with Crippen molar-refractivity contribution in [3.63, 3.8) is 0 Å². The first kappa shape index (κ1) is 11.4. The van der Waals surface area contributed by atoms with Crippen LogP contribution in [-0.4, -0.2) is 49.9 Å². The van der Waals surface area contributed by atoms with Gasteiger partial charge in [-0.1, -0.05) is 0 Å². The van der Waals surface area contributed by atoms with Gasteiger partial charge < -0.3 is 10.0 Å². The molecular weight excluding hydrogens is 226 g/mol. The minimum atomic E-state index is -0.862. The molecule has 8 nitrogen and oxygen atoms in total. The standard InChI is InChI=1S/C9H13N5O3/c1-13-8(10-5-11-13)12-9(17)14-3-2-6(4-14)7(15)16/h5-6H,2-4H2,1H3,(H,15,16)(H,10,11,12,17). The third-order valence-corrected chi connectivity index (χ3v) is 2.75. The Kier molecular flexibility index (Phi) is 2.94. The van der Waals surface area contributed by atoms with Gasteiger partial charge in [0.25, 0.3) is 0 Å². The van der Waals surface area contributed by atoms with E-state index < -0.39 is 11.9 Å². The highest BCUT2D eigenvalue weighted by atomic mass is 16.4. The van der Waals surface area contributed by atoms with Gasteiger partial charge in [0.1, 0.15) is 6.33 Å². The summed E-state index contributed by atoms with van der Waals surface area (Å²) in [5, 5.41) is 15.2. The molecule has 17 heavy (non-hydrogen) atoms. The molecule has 0 radical (unpaired) electrons. The second-order valence-corrected chi connectivity index (χ2v) is 3.91. The lowest BCUT2D eigenvalue weighted by Gasteiger charge is -2.15. The maximum atomic E-state index is 11.8. The number of likely N-dealkylation sites (tertiary alicyclic amines) is 1. The van der Waals surface area contributed by atoms with Crippen LogP contribution in [0.5, 0.6) is 0 Å². The predicted octanol–water partition coefficient (Wildman–Crippen LogP) is -0.246. The second kappa shape index (κ2) is 4.40. The third kappa shape index (κ3) is 2.35. The lowest BCUT2D eigenvalue weighted by Crippen LogP contribution is -2.34. The molecule has 1 aliphatic heterocycles. The molecule has 0 saturated carbocycles. The van der Waals surface area contributed by atoms with Gasteiger partial charge in [0.2, 0.25) is 5.95 Å². The van der Waals surface area contributed by atoms with Crippen LogP contribution in [0, 0.1) is 5.92 Å². The van der Waals surface area contributed by atoms with E-state index in [9.17, 15) is 9.59 Å². The summed E-state index contributed by atoms with van der Waals surface area (Å²) in [7, 11) is 1.66. The summed E-state index contributed by atoms with van der Waals surface area (Å²) < 4.78 is 1.43. The number of hydrogen-bond donors (Lipinski definition) is 2. The highest BCUT2D eigenvalue weighted by molar-refractivity contribution is 5.88. The molecule has 1 aliphatic rings. The van der Waals surface area contributed by atoms with Gasteiger partial charge in [-0.05, 0) is 6.42 Å². The molecule has 1 aromatic rings. The van der Waals surface area contributed by atoms with Gasteiger partial charge in [0.15, 0.2) is 0 Å². The van der Waals surface area contributed by atoms with Crippen LogP contribution in [-0.2, 0) is 11.8 Å². The fraction of sp³-hybridized carbons (Fsp3) is 0.556. The molecule has 8 heteroatoms. The molecule has 1 fully saturated rings. The first-order valence-electron chi connectivity index (χ1n) is 5.20. The van der Waals surface area contributed by atoms with E-state index >= 15 is 0 Å². The van der Waals surface area contributed by atoms with Crippen LogP contribution in [0.15, 0.2) is 6.33 Å². The van der Waals surface area contributed by atoms with E-state index in [-0.39, 0.29) is 12.6 Å². The molecular formula is C9H13N5O3. The van der Waals surface area contributed by atoms with Crippen molar-refractivity contribution in [1.82, 2.24) is 19.7 Å². The van der Waals surface area contributed by atoms with E-state index in [1.165, 1.54) is 15.9 Å². The summed E-state index contributed by atoms with van der Waals surface area (Å²) in [4.78, 5) is 27.9. The molecule has 92 valence electrons. The van der Waals surface area contributed by atoms with Gasteiger partial charge in [-0.15, -0.1) is 0 Å². The van der Waals surface area contributed by atoms with Crippen LogP contribution < -0.4 is 5.32 Å². The number of anilines is 1. The average Bonchev–Trinajstić information content (AvgIpc) is 2.88. The maximum Gasteiger partial charge on any atom is 0.324 e. The minimum absolute atomic E-state index is 0.235. The number of aryl methyl sites for hydroxylation is 1. The molecule has 2 N–H and O–H groups in total. The van der Waals surface area contributed by atoms with Crippen molar-refractivity contribution in [2.24, 2.45) is 13.0 Å². The normalized spacial score (nSPS) is 19.4. The number of amides is 2. The van der Waals surface area contributed by atoms with Crippen molar-refractivity contribution >= 4 is 17.9 Å². The monoisotopic (exact) mass is 239 g/mol. The molecule has 0 bridgehead atoms. The van der Waals surface area contributed by atoms with E-state index in [2.05, 4.69) is 15.4 Å². The molecule has 0 spiro atoms. The number of hydrogen-bond acceptors (Lipinski definition) is 4. The van der Waals surface area contributed by atoms with Crippen molar-refractivity contribution in [2.75, 3.05) is 18.4 Å². The summed E-state index contributed by atoms with van der Waals surface area (Å²) in [6.45, 7) is 0.680. The second-order valence-electron chi connectivity index (χ2n) is 3.91. The Morgan fingerprint density at radius 3 is 2.88 bits per heavy atom.